The van der Waals surface area contributed by atoms with Crippen molar-refractivity contribution < 1.29 is 18.6 Å². The number of phenolic OH excluding ortho intramolecular Hbond substituents is 2. The van der Waals surface area contributed by atoms with Gasteiger partial charge in [-0.15, -0.1) is 0 Å². The first kappa shape index (κ1) is 21.7. The number of rotatable bonds is 7. The van der Waals surface area contributed by atoms with Gasteiger partial charge < -0.3 is 10.2 Å². The molecule has 1 atom stereocenters. The van der Waals surface area contributed by atoms with Crippen LogP contribution >= 0.6 is 0 Å². The van der Waals surface area contributed by atoms with Crippen LogP contribution in [0.15, 0.2) is 22.6 Å². The number of hydrogen-bond donors (Lipinski definition) is 2. The molecule has 1 saturated carbocycles. The highest BCUT2D eigenvalue weighted by Gasteiger charge is 2.52. The van der Waals surface area contributed by atoms with Crippen LogP contribution in [0, 0.1) is 5.41 Å². The Kier molecular flexibility index (Phi) is 5.92. The molecular weight excluding hydrogens is 398 g/mol. The minimum absolute atomic E-state index is 0.0213. The van der Waals surface area contributed by atoms with E-state index in [2.05, 4.69) is 19.9 Å². The highest BCUT2D eigenvalue weighted by Crippen LogP contribution is 2.52. The van der Waals surface area contributed by atoms with Crippen LogP contribution < -0.4 is 0 Å². The number of phenols is 2. The maximum atomic E-state index is 13.6. The third kappa shape index (κ3) is 3.77. The molecule has 5 nitrogen and oxygen atoms in total. The lowest BCUT2D eigenvalue weighted by molar-refractivity contribution is -0.00804. The summed E-state index contributed by atoms with van der Waals surface area (Å²) in [6.45, 7) is 5.27. The molecule has 1 unspecified atom stereocenters. The van der Waals surface area contributed by atoms with Crippen LogP contribution in [0.2, 0.25) is 0 Å². The topological polar surface area (TPSA) is 77.8 Å². The molecule has 4 rings (SSSR count). The predicted octanol–water partition coefficient (Wildman–Crippen LogP) is 5.22. The van der Waals surface area contributed by atoms with Gasteiger partial charge >= 0.3 is 0 Å². The van der Waals surface area contributed by atoms with Crippen LogP contribution in [-0.4, -0.2) is 36.0 Å². The summed E-state index contributed by atoms with van der Waals surface area (Å²) in [5.74, 6) is -0.355. The van der Waals surface area contributed by atoms with Gasteiger partial charge in [-0.3, -0.25) is 0 Å². The standard InChI is InChI=1S/C24H35NO4S/c1-3-4-5-9-19-14-20(26)21(18-10-6-8-17(2)13-18)22(27)23(19)30(28,29)25-15-24(16-25)11-7-12-24/h13-14,18,26-27H,3-12,15-16H2,1-2H3. The number of aryl methyl sites for hydroxylation is 1. The largest absolute Gasteiger partial charge is 0.507 e. The Morgan fingerprint density at radius 3 is 2.50 bits per heavy atom. The van der Waals surface area contributed by atoms with Gasteiger partial charge in [0.15, 0.2) is 0 Å². The Hall–Kier alpha value is -1.53. The van der Waals surface area contributed by atoms with Gasteiger partial charge in [0.05, 0.1) is 0 Å². The normalized spacial score (nSPS) is 23.7. The van der Waals surface area contributed by atoms with E-state index in [0.29, 0.717) is 30.6 Å². The van der Waals surface area contributed by atoms with Crippen LogP contribution in [0.1, 0.15) is 88.7 Å². The molecule has 0 radical (unpaired) electrons. The maximum Gasteiger partial charge on any atom is 0.247 e. The van der Waals surface area contributed by atoms with E-state index in [9.17, 15) is 18.6 Å². The molecule has 30 heavy (non-hydrogen) atoms. The minimum Gasteiger partial charge on any atom is -0.507 e. The zero-order chi connectivity index (χ0) is 21.5. The highest BCUT2D eigenvalue weighted by atomic mass is 32.2. The second-order valence-corrected chi connectivity index (χ2v) is 11.6. The van der Waals surface area contributed by atoms with Gasteiger partial charge in [-0.05, 0) is 68.9 Å². The number of nitrogens with zero attached hydrogens (tertiary/aromatic N) is 1. The van der Waals surface area contributed by atoms with Gasteiger partial charge in [-0.1, -0.05) is 37.8 Å². The molecule has 2 aliphatic carbocycles. The molecule has 0 amide bonds. The first-order valence-electron chi connectivity index (χ1n) is 11.5. The van der Waals surface area contributed by atoms with Gasteiger partial charge in [-0.25, -0.2) is 8.42 Å². The number of sulfonamides is 1. The van der Waals surface area contributed by atoms with Crippen molar-refractivity contribution in [2.45, 2.75) is 88.9 Å². The maximum absolute atomic E-state index is 13.6. The molecule has 3 aliphatic rings. The van der Waals surface area contributed by atoms with Crippen molar-refractivity contribution in [3.05, 3.63) is 28.8 Å². The summed E-state index contributed by atoms with van der Waals surface area (Å²) < 4.78 is 28.7. The summed E-state index contributed by atoms with van der Waals surface area (Å²) in [6, 6.07) is 1.61. The van der Waals surface area contributed by atoms with Gasteiger partial charge in [0.25, 0.3) is 0 Å². The summed E-state index contributed by atoms with van der Waals surface area (Å²) in [5, 5.41) is 22.1. The number of benzene rings is 1. The van der Waals surface area contributed by atoms with Crippen molar-refractivity contribution in [1.82, 2.24) is 4.31 Å². The van der Waals surface area contributed by atoms with Crippen molar-refractivity contribution in [1.29, 1.82) is 0 Å². The zero-order valence-corrected chi connectivity index (χ0v) is 19.1. The van der Waals surface area contributed by atoms with Gasteiger partial charge in [-0.2, -0.15) is 4.31 Å². The first-order chi connectivity index (χ1) is 14.3. The second-order valence-electron chi connectivity index (χ2n) is 9.74. The molecule has 1 aromatic rings. The van der Waals surface area contributed by atoms with E-state index in [1.54, 1.807) is 6.07 Å². The van der Waals surface area contributed by atoms with Crippen LogP contribution in [0.25, 0.3) is 0 Å². The quantitative estimate of drug-likeness (QED) is 0.456. The van der Waals surface area contributed by atoms with E-state index in [0.717, 1.165) is 51.4 Å². The Morgan fingerprint density at radius 2 is 1.90 bits per heavy atom. The molecule has 0 bridgehead atoms. The molecule has 1 saturated heterocycles. The van der Waals surface area contributed by atoms with E-state index in [1.807, 2.05) is 0 Å². The number of aromatic hydroxyl groups is 2. The number of allylic oxidation sites excluding steroid dienone is 2. The Morgan fingerprint density at radius 1 is 1.17 bits per heavy atom. The first-order valence-corrected chi connectivity index (χ1v) is 13.0. The lowest BCUT2D eigenvalue weighted by Crippen LogP contribution is -2.61. The summed E-state index contributed by atoms with van der Waals surface area (Å²) in [5.41, 5.74) is 2.32. The fourth-order valence-electron chi connectivity index (χ4n) is 5.44. The summed E-state index contributed by atoms with van der Waals surface area (Å²) >= 11 is 0. The minimum atomic E-state index is -3.79. The van der Waals surface area contributed by atoms with E-state index >= 15 is 0 Å². The molecule has 166 valence electrons. The zero-order valence-electron chi connectivity index (χ0n) is 18.3. The third-order valence-corrected chi connectivity index (χ3v) is 9.29. The summed E-state index contributed by atoms with van der Waals surface area (Å²) in [7, 11) is -3.79. The van der Waals surface area contributed by atoms with Gasteiger partial charge in [0.2, 0.25) is 10.0 Å². The average Bonchev–Trinajstić information content (AvgIpc) is 2.58. The Labute approximate surface area is 180 Å². The van der Waals surface area contributed by atoms with Crippen molar-refractivity contribution in [2.75, 3.05) is 13.1 Å². The van der Waals surface area contributed by atoms with Crippen molar-refractivity contribution >= 4 is 10.0 Å². The monoisotopic (exact) mass is 433 g/mol. The average molecular weight is 434 g/mol. The van der Waals surface area contributed by atoms with Crippen molar-refractivity contribution in [3.63, 3.8) is 0 Å². The molecular formula is C24H35NO4S. The van der Waals surface area contributed by atoms with Crippen LogP contribution in [-0.2, 0) is 16.4 Å². The lowest BCUT2D eigenvalue weighted by atomic mass is 9.65. The molecule has 1 aliphatic heterocycles. The number of hydrogen-bond acceptors (Lipinski definition) is 4. The smallest absolute Gasteiger partial charge is 0.247 e. The molecule has 2 fully saturated rings. The third-order valence-electron chi connectivity index (χ3n) is 7.38. The molecule has 2 N–H and O–H groups in total. The van der Waals surface area contributed by atoms with Gasteiger partial charge in [0.1, 0.15) is 16.4 Å². The van der Waals surface area contributed by atoms with Crippen LogP contribution in [0.3, 0.4) is 0 Å². The predicted molar refractivity (Wildman–Crippen MR) is 118 cm³/mol. The number of unbranched alkanes of at least 4 members (excludes halogenated alkanes) is 2. The summed E-state index contributed by atoms with van der Waals surface area (Å²) in [6.07, 6.45) is 11.6. The van der Waals surface area contributed by atoms with Crippen molar-refractivity contribution in [2.24, 2.45) is 5.41 Å². The van der Waals surface area contributed by atoms with Gasteiger partial charge in [0, 0.05) is 24.6 Å². The van der Waals surface area contributed by atoms with E-state index in [1.165, 1.54) is 16.3 Å². The van der Waals surface area contributed by atoms with E-state index in [4.69, 9.17) is 0 Å². The Bertz CT molecular complexity index is 938. The van der Waals surface area contributed by atoms with E-state index < -0.39 is 10.0 Å². The molecule has 1 spiro atoms. The highest BCUT2D eigenvalue weighted by molar-refractivity contribution is 7.89. The fourth-order valence-corrected chi connectivity index (χ4v) is 7.43. The lowest BCUT2D eigenvalue weighted by Gasteiger charge is -2.55. The van der Waals surface area contributed by atoms with Crippen LogP contribution in [0.5, 0.6) is 11.5 Å². The van der Waals surface area contributed by atoms with Crippen molar-refractivity contribution in [3.8, 4) is 11.5 Å². The van der Waals surface area contributed by atoms with E-state index in [-0.39, 0.29) is 27.7 Å². The fraction of sp³-hybridized carbons (Fsp3) is 0.667. The second kappa shape index (κ2) is 8.19. The molecule has 6 heteroatoms. The molecule has 0 aromatic heterocycles. The molecule has 1 aromatic carbocycles. The molecule has 1 heterocycles. The Balaban J connectivity index is 1.75. The van der Waals surface area contributed by atoms with Crippen LogP contribution in [0.4, 0.5) is 0 Å². The summed E-state index contributed by atoms with van der Waals surface area (Å²) in [4.78, 5) is 0.0391. The SMILES string of the molecule is CCCCCc1cc(O)c(C2C=C(C)CCC2)c(O)c1S(=O)(=O)N1CC2(CCC2)C1.